The molecule has 0 fully saturated rings. The third-order valence-electron chi connectivity index (χ3n) is 1.96. The van der Waals surface area contributed by atoms with E-state index >= 15 is 0 Å². The van der Waals surface area contributed by atoms with E-state index in [1.807, 2.05) is 6.92 Å². The maximum atomic E-state index is 9.57. The fourth-order valence-electron chi connectivity index (χ4n) is 1.26. The van der Waals surface area contributed by atoms with Gasteiger partial charge in [0, 0.05) is 5.02 Å². The quantitative estimate of drug-likeness (QED) is 0.708. The molecule has 0 aliphatic heterocycles. The van der Waals surface area contributed by atoms with Crippen molar-refractivity contribution in [2.24, 2.45) is 0 Å². The van der Waals surface area contributed by atoms with Gasteiger partial charge in [0.05, 0.1) is 6.61 Å². The van der Waals surface area contributed by atoms with Crippen LogP contribution in [-0.2, 0) is 0 Å². The van der Waals surface area contributed by atoms with Gasteiger partial charge in [-0.15, -0.1) is 0 Å². The molecular formula is C10H13ClO3. The number of aliphatic hydroxyl groups is 3. The van der Waals surface area contributed by atoms with Crippen LogP contribution in [0.4, 0.5) is 0 Å². The molecule has 2 atom stereocenters. The number of aliphatic hydroxyl groups excluding tert-OH is 3. The van der Waals surface area contributed by atoms with Crippen LogP contribution < -0.4 is 0 Å². The van der Waals surface area contributed by atoms with Crippen molar-refractivity contribution in [2.75, 3.05) is 6.61 Å². The van der Waals surface area contributed by atoms with Gasteiger partial charge in [0.25, 0.3) is 0 Å². The van der Waals surface area contributed by atoms with Crippen molar-refractivity contribution in [3.63, 3.8) is 0 Å². The second kappa shape index (κ2) is 4.75. The van der Waals surface area contributed by atoms with Crippen molar-refractivity contribution < 1.29 is 15.3 Å². The van der Waals surface area contributed by atoms with Crippen LogP contribution in [0.15, 0.2) is 18.2 Å². The first-order valence-electron chi connectivity index (χ1n) is 4.28. The van der Waals surface area contributed by atoms with Crippen LogP contribution in [0.5, 0.6) is 0 Å². The average Bonchev–Trinajstić information content (AvgIpc) is 2.14. The predicted molar refractivity (Wildman–Crippen MR) is 54.2 cm³/mol. The summed E-state index contributed by atoms with van der Waals surface area (Å²) in [4.78, 5) is 0. The monoisotopic (exact) mass is 216 g/mol. The van der Waals surface area contributed by atoms with Gasteiger partial charge in [0.1, 0.15) is 12.2 Å². The third kappa shape index (κ3) is 2.69. The summed E-state index contributed by atoms with van der Waals surface area (Å²) in [6, 6.07) is 5.04. The first kappa shape index (κ1) is 11.5. The highest BCUT2D eigenvalue weighted by Gasteiger charge is 2.17. The van der Waals surface area contributed by atoms with E-state index in [9.17, 15) is 10.2 Å². The molecule has 0 heterocycles. The second-order valence-electron chi connectivity index (χ2n) is 3.26. The Bertz CT molecular complexity index is 294. The topological polar surface area (TPSA) is 60.7 Å². The molecule has 2 unspecified atom stereocenters. The van der Waals surface area contributed by atoms with Gasteiger partial charge in [-0.1, -0.05) is 17.7 Å². The molecule has 1 aromatic carbocycles. The molecule has 0 amide bonds. The highest BCUT2D eigenvalue weighted by Crippen LogP contribution is 2.22. The average molecular weight is 217 g/mol. The van der Waals surface area contributed by atoms with Crippen molar-refractivity contribution in [1.82, 2.24) is 0 Å². The minimum absolute atomic E-state index is 0.479. The summed E-state index contributed by atoms with van der Waals surface area (Å²) < 4.78 is 0. The van der Waals surface area contributed by atoms with E-state index in [1.165, 1.54) is 0 Å². The van der Waals surface area contributed by atoms with Crippen molar-refractivity contribution in [3.05, 3.63) is 34.3 Å². The Labute approximate surface area is 87.6 Å². The van der Waals surface area contributed by atoms with Crippen LogP contribution in [0, 0.1) is 6.92 Å². The molecule has 4 heteroatoms. The summed E-state index contributed by atoms with van der Waals surface area (Å²) in [5.74, 6) is 0. The Kier molecular flexibility index (Phi) is 3.89. The van der Waals surface area contributed by atoms with E-state index in [0.29, 0.717) is 10.6 Å². The fraction of sp³-hybridized carbons (Fsp3) is 0.400. The molecule has 78 valence electrons. The molecule has 3 nitrogen and oxygen atoms in total. The molecule has 1 aromatic rings. The molecule has 0 aromatic heterocycles. The molecule has 0 saturated heterocycles. The number of halogens is 1. The lowest BCUT2D eigenvalue weighted by atomic mass is 10.0. The molecule has 3 N–H and O–H groups in total. The molecule has 0 aliphatic rings. The van der Waals surface area contributed by atoms with E-state index < -0.39 is 18.8 Å². The molecule has 0 bridgehead atoms. The van der Waals surface area contributed by atoms with Gasteiger partial charge < -0.3 is 15.3 Å². The molecule has 0 saturated carbocycles. The molecular weight excluding hydrogens is 204 g/mol. The number of rotatable bonds is 3. The normalized spacial score (nSPS) is 15.2. The van der Waals surface area contributed by atoms with Gasteiger partial charge in [-0.05, 0) is 30.2 Å². The maximum Gasteiger partial charge on any atom is 0.107 e. The molecule has 0 spiro atoms. The van der Waals surface area contributed by atoms with Crippen LogP contribution in [0.1, 0.15) is 17.2 Å². The van der Waals surface area contributed by atoms with Gasteiger partial charge >= 0.3 is 0 Å². The minimum atomic E-state index is -1.17. The van der Waals surface area contributed by atoms with Crippen LogP contribution in [-0.4, -0.2) is 28.0 Å². The number of hydrogen-bond acceptors (Lipinski definition) is 3. The number of benzene rings is 1. The van der Waals surface area contributed by atoms with Crippen LogP contribution in [0.3, 0.4) is 0 Å². The highest BCUT2D eigenvalue weighted by molar-refractivity contribution is 6.30. The Morgan fingerprint density at radius 1 is 1.29 bits per heavy atom. The third-order valence-corrected chi connectivity index (χ3v) is 2.18. The zero-order valence-electron chi connectivity index (χ0n) is 7.81. The van der Waals surface area contributed by atoms with Crippen LogP contribution in [0.2, 0.25) is 5.02 Å². The largest absolute Gasteiger partial charge is 0.394 e. The summed E-state index contributed by atoms with van der Waals surface area (Å²) in [7, 11) is 0. The summed E-state index contributed by atoms with van der Waals surface area (Å²) in [5.41, 5.74) is 1.41. The first-order chi connectivity index (χ1) is 6.54. The Morgan fingerprint density at radius 3 is 2.43 bits per heavy atom. The Hall–Kier alpha value is -0.610. The van der Waals surface area contributed by atoms with Crippen molar-refractivity contribution >= 4 is 11.6 Å². The van der Waals surface area contributed by atoms with Crippen LogP contribution >= 0.6 is 11.6 Å². The zero-order valence-corrected chi connectivity index (χ0v) is 8.57. The lowest BCUT2D eigenvalue weighted by Crippen LogP contribution is -2.22. The summed E-state index contributed by atoms with van der Waals surface area (Å²) in [6.07, 6.45) is -2.27. The highest BCUT2D eigenvalue weighted by atomic mass is 35.5. The van der Waals surface area contributed by atoms with Gasteiger partial charge in [-0.2, -0.15) is 0 Å². The molecule has 0 radical (unpaired) electrons. The summed E-state index contributed by atoms with van der Waals surface area (Å²) in [5, 5.41) is 28.0. The standard InChI is InChI=1S/C10H13ClO3/c1-6-2-7(4-8(11)3-6)10(14)9(13)5-12/h2-4,9-10,12-14H,5H2,1H3. The molecule has 14 heavy (non-hydrogen) atoms. The van der Waals surface area contributed by atoms with E-state index in [-0.39, 0.29) is 0 Å². The van der Waals surface area contributed by atoms with E-state index in [0.717, 1.165) is 5.56 Å². The molecule has 1 rings (SSSR count). The van der Waals surface area contributed by atoms with Gasteiger partial charge in [0.2, 0.25) is 0 Å². The fourth-order valence-corrected chi connectivity index (χ4v) is 1.56. The van der Waals surface area contributed by atoms with E-state index in [1.54, 1.807) is 18.2 Å². The van der Waals surface area contributed by atoms with Crippen LogP contribution in [0.25, 0.3) is 0 Å². The minimum Gasteiger partial charge on any atom is -0.394 e. The lowest BCUT2D eigenvalue weighted by Gasteiger charge is -2.16. The zero-order chi connectivity index (χ0) is 10.7. The van der Waals surface area contributed by atoms with Gasteiger partial charge in [0.15, 0.2) is 0 Å². The SMILES string of the molecule is Cc1cc(Cl)cc(C(O)C(O)CO)c1. The number of aryl methyl sites for hydroxylation is 1. The maximum absolute atomic E-state index is 9.57. The first-order valence-corrected chi connectivity index (χ1v) is 4.66. The van der Waals surface area contributed by atoms with Gasteiger partial charge in [-0.25, -0.2) is 0 Å². The Balaban J connectivity index is 2.94. The molecule has 0 aliphatic carbocycles. The summed E-state index contributed by atoms with van der Waals surface area (Å²) in [6.45, 7) is 1.36. The lowest BCUT2D eigenvalue weighted by molar-refractivity contribution is -0.0152. The van der Waals surface area contributed by atoms with Crippen molar-refractivity contribution in [2.45, 2.75) is 19.1 Å². The number of hydrogen-bond donors (Lipinski definition) is 3. The Morgan fingerprint density at radius 2 is 1.93 bits per heavy atom. The predicted octanol–water partition coefficient (Wildman–Crippen LogP) is 1.04. The second-order valence-corrected chi connectivity index (χ2v) is 3.69. The summed E-state index contributed by atoms with van der Waals surface area (Å²) >= 11 is 5.79. The van der Waals surface area contributed by atoms with Crippen molar-refractivity contribution in [3.8, 4) is 0 Å². The van der Waals surface area contributed by atoms with E-state index in [2.05, 4.69) is 0 Å². The smallest absolute Gasteiger partial charge is 0.107 e. The van der Waals surface area contributed by atoms with Crippen molar-refractivity contribution in [1.29, 1.82) is 0 Å². The van der Waals surface area contributed by atoms with Gasteiger partial charge in [-0.3, -0.25) is 0 Å². The van der Waals surface area contributed by atoms with E-state index in [4.69, 9.17) is 16.7 Å².